The second-order valence-corrected chi connectivity index (χ2v) is 6.12. The van der Waals surface area contributed by atoms with E-state index in [2.05, 4.69) is 28.6 Å². The Labute approximate surface area is 118 Å². The van der Waals surface area contributed by atoms with Crippen LogP contribution in [0.4, 0.5) is 0 Å². The van der Waals surface area contributed by atoms with Gasteiger partial charge in [-0.15, -0.1) is 11.3 Å². The van der Waals surface area contributed by atoms with Gasteiger partial charge in [-0.3, -0.25) is 9.69 Å². The Balaban J connectivity index is 1.88. The lowest BCUT2D eigenvalue weighted by molar-refractivity contribution is -0.123. The maximum Gasteiger partial charge on any atom is 0.234 e. The minimum Gasteiger partial charge on any atom is -0.383 e. The predicted molar refractivity (Wildman–Crippen MR) is 77.5 cm³/mol. The molecule has 1 aromatic heterocycles. The van der Waals surface area contributed by atoms with Crippen LogP contribution in [0.25, 0.3) is 0 Å². The Morgan fingerprint density at radius 2 is 2.47 bits per heavy atom. The normalized spacial score (nSPS) is 20.9. The molecule has 0 spiro atoms. The van der Waals surface area contributed by atoms with E-state index in [1.54, 1.807) is 7.11 Å². The van der Waals surface area contributed by atoms with Crippen molar-refractivity contribution < 1.29 is 9.53 Å². The van der Waals surface area contributed by atoms with Crippen molar-refractivity contribution in [1.82, 2.24) is 10.2 Å². The molecule has 2 heterocycles. The van der Waals surface area contributed by atoms with Gasteiger partial charge in [-0.25, -0.2) is 0 Å². The Hall–Kier alpha value is -0.910. The predicted octanol–water partition coefficient (Wildman–Crippen LogP) is 1.82. The molecule has 0 aliphatic carbocycles. The van der Waals surface area contributed by atoms with Crippen LogP contribution in [0.3, 0.4) is 0 Å². The van der Waals surface area contributed by atoms with Gasteiger partial charge in [-0.05, 0) is 37.3 Å². The third-order valence-electron chi connectivity index (χ3n) is 3.57. The Morgan fingerprint density at radius 3 is 3.21 bits per heavy atom. The average molecular weight is 282 g/mol. The number of carbonyl (C=O) groups is 1. The zero-order valence-corrected chi connectivity index (χ0v) is 12.6. The van der Waals surface area contributed by atoms with E-state index in [9.17, 15) is 4.79 Å². The standard InChI is InChI=1S/C14H22N2O2S/c1-10(9-18-3)15-14(17)8-16-6-4-13-12(11(16)2)5-7-19-13/h5,7,10-11H,4,6,8-9H2,1-3H3,(H,15,17)/t10-,11+/m1/s1. The molecule has 1 aliphatic heterocycles. The first-order chi connectivity index (χ1) is 9.11. The smallest absolute Gasteiger partial charge is 0.234 e. The lowest BCUT2D eigenvalue weighted by Gasteiger charge is -2.33. The summed E-state index contributed by atoms with van der Waals surface area (Å²) in [5.41, 5.74) is 1.38. The highest BCUT2D eigenvalue weighted by molar-refractivity contribution is 7.10. The fraction of sp³-hybridized carbons (Fsp3) is 0.643. The Kier molecular flexibility index (Phi) is 4.96. The number of nitrogens with zero attached hydrogens (tertiary/aromatic N) is 1. The van der Waals surface area contributed by atoms with Crippen LogP contribution in [-0.4, -0.2) is 43.7 Å². The molecule has 5 heteroatoms. The van der Waals surface area contributed by atoms with Crippen LogP contribution in [0.1, 0.15) is 30.3 Å². The van der Waals surface area contributed by atoms with Gasteiger partial charge in [0.05, 0.1) is 13.2 Å². The first-order valence-electron chi connectivity index (χ1n) is 6.70. The van der Waals surface area contributed by atoms with Crippen molar-refractivity contribution in [2.24, 2.45) is 0 Å². The zero-order chi connectivity index (χ0) is 13.8. The number of hydrogen-bond donors (Lipinski definition) is 1. The third kappa shape index (κ3) is 3.55. The van der Waals surface area contributed by atoms with Crippen molar-refractivity contribution in [1.29, 1.82) is 0 Å². The van der Waals surface area contributed by atoms with E-state index in [1.807, 2.05) is 18.3 Å². The quantitative estimate of drug-likeness (QED) is 0.895. The summed E-state index contributed by atoms with van der Waals surface area (Å²) in [7, 11) is 1.65. The van der Waals surface area contributed by atoms with E-state index in [4.69, 9.17) is 4.74 Å². The first-order valence-corrected chi connectivity index (χ1v) is 7.58. The summed E-state index contributed by atoms with van der Waals surface area (Å²) in [4.78, 5) is 15.7. The molecule has 0 radical (unpaired) electrons. The van der Waals surface area contributed by atoms with Gasteiger partial charge < -0.3 is 10.1 Å². The van der Waals surface area contributed by atoms with Crippen molar-refractivity contribution in [2.45, 2.75) is 32.4 Å². The van der Waals surface area contributed by atoms with Crippen LogP contribution in [0.15, 0.2) is 11.4 Å². The maximum atomic E-state index is 12.0. The topological polar surface area (TPSA) is 41.6 Å². The number of nitrogens with one attached hydrogen (secondary N) is 1. The van der Waals surface area contributed by atoms with Gasteiger partial charge in [-0.1, -0.05) is 0 Å². The van der Waals surface area contributed by atoms with Gasteiger partial charge in [0.15, 0.2) is 0 Å². The van der Waals surface area contributed by atoms with Gasteiger partial charge in [0.25, 0.3) is 0 Å². The van der Waals surface area contributed by atoms with Crippen molar-refractivity contribution >= 4 is 17.2 Å². The molecule has 0 unspecified atom stereocenters. The molecule has 0 saturated carbocycles. The highest BCUT2D eigenvalue weighted by Gasteiger charge is 2.26. The molecule has 1 aromatic rings. The van der Waals surface area contributed by atoms with Crippen LogP contribution in [0.5, 0.6) is 0 Å². The van der Waals surface area contributed by atoms with Crippen LogP contribution >= 0.6 is 11.3 Å². The van der Waals surface area contributed by atoms with E-state index < -0.39 is 0 Å². The van der Waals surface area contributed by atoms with E-state index in [-0.39, 0.29) is 11.9 Å². The largest absolute Gasteiger partial charge is 0.383 e. The van der Waals surface area contributed by atoms with E-state index in [1.165, 1.54) is 10.4 Å². The van der Waals surface area contributed by atoms with Crippen LogP contribution < -0.4 is 5.32 Å². The summed E-state index contributed by atoms with van der Waals surface area (Å²) >= 11 is 1.82. The molecule has 4 nitrogen and oxygen atoms in total. The highest BCUT2D eigenvalue weighted by Crippen LogP contribution is 2.32. The van der Waals surface area contributed by atoms with Crippen LogP contribution in [0.2, 0.25) is 0 Å². The number of amides is 1. The molecule has 2 rings (SSSR count). The molecule has 0 fully saturated rings. The SMILES string of the molecule is COC[C@@H](C)NC(=O)CN1CCc2sccc2[C@@H]1C. The fourth-order valence-electron chi connectivity index (χ4n) is 2.57. The first kappa shape index (κ1) is 14.5. The van der Waals surface area contributed by atoms with Crippen molar-refractivity contribution in [3.8, 4) is 0 Å². The summed E-state index contributed by atoms with van der Waals surface area (Å²) < 4.78 is 5.02. The lowest BCUT2D eigenvalue weighted by Crippen LogP contribution is -2.44. The summed E-state index contributed by atoms with van der Waals surface area (Å²) in [6.07, 6.45) is 1.05. The summed E-state index contributed by atoms with van der Waals surface area (Å²) in [6.45, 7) is 6.11. The molecular formula is C14H22N2O2S. The highest BCUT2D eigenvalue weighted by atomic mass is 32.1. The summed E-state index contributed by atoms with van der Waals surface area (Å²) in [6, 6.07) is 2.58. The molecule has 0 aromatic carbocycles. The second kappa shape index (κ2) is 6.50. The van der Waals surface area contributed by atoms with Crippen molar-refractivity contribution in [3.05, 3.63) is 21.9 Å². The number of hydrogen-bond acceptors (Lipinski definition) is 4. The number of methoxy groups -OCH3 is 1. The average Bonchev–Trinajstić information content (AvgIpc) is 2.82. The number of ether oxygens (including phenoxy) is 1. The van der Waals surface area contributed by atoms with E-state index in [0.717, 1.165) is 13.0 Å². The molecule has 0 saturated heterocycles. The maximum absolute atomic E-state index is 12.0. The lowest BCUT2D eigenvalue weighted by atomic mass is 10.0. The second-order valence-electron chi connectivity index (χ2n) is 5.12. The summed E-state index contributed by atoms with van der Waals surface area (Å²) in [5, 5.41) is 5.11. The zero-order valence-electron chi connectivity index (χ0n) is 11.8. The molecule has 1 aliphatic rings. The number of rotatable bonds is 5. The Morgan fingerprint density at radius 1 is 1.68 bits per heavy atom. The van der Waals surface area contributed by atoms with E-state index in [0.29, 0.717) is 19.2 Å². The molecule has 2 atom stereocenters. The Bertz CT molecular complexity index is 433. The molecule has 1 amide bonds. The number of carbonyl (C=O) groups excluding carboxylic acids is 1. The molecule has 19 heavy (non-hydrogen) atoms. The third-order valence-corrected chi connectivity index (χ3v) is 4.57. The minimum atomic E-state index is 0.0642. The number of thiophene rings is 1. The van der Waals surface area contributed by atoms with Gasteiger partial charge in [0.2, 0.25) is 5.91 Å². The minimum absolute atomic E-state index is 0.0642. The van der Waals surface area contributed by atoms with Crippen molar-refractivity contribution in [3.63, 3.8) is 0 Å². The van der Waals surface area contributed by atoms with Gasteiger partial charge >= 0.3 is 0 Å². The van der Waals surface area contributed by atoms with Gasteiger partial charge in [-0.2, -0.15) is 0 Å². The van der Waals surface area contributed by atoms with Crippen LogP contribution in [-0.2, 0) is 16.0 Å². The molecule has 1 N–H and O–H groups in total. The molecule has 106 valence electrons. The molecule has 0 bridgehead atoms. The van der Waals surface area contributed by atoms with Gasteiger partial charge in [0.1, 0.15) is 0 Å². The molecular weight excluding hydrogens is 260 g/mol. The van der Waals surface area contributed by atoms with Crippen LogP contribution in [0, 0.1) is 0 Å². The number of fused-ring (bicyclic) bond motifs is 1. The van der Waals surface area contributed by atoms with Gasteiger partial charge in [0, 0.05) is 30.6 Å². The summed E-state index contributed by atoms with van der Waals surface area (Å²) in [5.74, 6) is 0.0788. The fourth-order valence-corrected chi connectivity index (χ4v) is 3.54. The monoisotopic (exact) mass is 282 g/mol. The van der Waals surface area contributed by atoms with Crippen molar-refractivity contribution in [2.75, 3.05) is 26.8 Å². The van der Waals surface area contributed by atoms with E-state index >= 15 is 0 Å².